The van der Waals surface area contributed by atoms with Crippen LogP contribution in [0, 0.1) is 5.41 Å². The first-order valence-corrected chi connectivity index (χ1v) is 5.93. The number of carbonyl (C=O) groups is 1. The molecule has 0 spiro atoms. The van der Waals surface area contributed by atoms with Crippen molar-refractivity contribution in [2.24, 2.45) is 5.41 Å². The Morgan fingerprint density at radius 2 is 2.00 bits per heavy atom. The van der Waals surface area contributed by atoms with Crippen LogP contribution in [0.25, 0.3) is 0 Å². The van der Waals surface area contributed by atoms with E-state index in [2.05, 4.69) is 18.7 Å². The van der Waals surface area contributed by atoms with E-state index in [1.54, 1.807) is 0 Å². The Labute approximate surface area is 91.8 Å². The lowest BCUT2D eigenvalue weighted by molar-refractivity contribution is -0.127. The van der Waals surface area contributed by atoms with Crippen LogP contribution in [0.15, 0.2) is 0 Å². The van der Waals surface area contributed by atoms with Crippen molar-refractivity contribution in [2.45, 2.75) is 39.2 Å². The fourth-order valence-electron chi connectivity index (χ4n) is 2.73. The summed E-state index contributed by atoms with van der Waals surface area (Å²) in [5.74, 6) is 0.436. The molecule has 86 valence electrons. The molecule has 1 atom stereocenters. The maximum atomic E-state index is 11.5. The van der Waals surface area contributed by atoms with Gasteiger partial charge in [0.05, 0.1) is 13.2 Å². The third kappa shape index (κ3) is 2.40. The molecule has 2 aliphatic rings. The number of hydrogen-bond acceptors (Lipinski definition) is 3. The van der Waals surface area contributed by atoms with Gasteiger partial charge in [-0.25, -0.2) is 0 Å². The van der Waals surface area contributed by atoms with Crippen molar-refractivity contribution in [3.8, 4) is 0 Å². The van der Waals surface area contributed by atoms with Gasteiger partial charge in [0, 0.05) is 32.0 Å². The van der Waals surface area contributed by atoms with E-state index in [0.29, 0.717) is 11.8 Å². The molecule has 0 N–H and O–H groups in total. The maximum Gasteiger partial charge on any atom is 0.134 e. The summed E-state index contributed by atoms with van der Waals surface area (Å²) >= 11 is 0. The second-order valence-electron chi connectivity index (χ2n) is 5.40. The highest BCUT2D eigenvalue weighted by atomic mass is 16.5. The minimum Gasteiger partial charge on any atom is -0.379 e. The fourth-order valence-corrected chi connectivity index (χ4v) is 2.73. The lowest BCUT2D eigenvalue weighted by atomic mass is 9.72. The number of carbonyl (C=O) groups excluding carboxylic acids is 1. The van der Waals surface area contributed by atoms with E-state index in [1.807, 2.05) is 0 Å². The van der Waals surface area contributed by atoms with Crippen LogP contribution >= 0.6 is 0 Å². The van der Waals surface area contributed by atoms with E-state index in [-0.39, 0.29) is 5.41 Å². The second kappa shape index (κ2) is 4.22. The topological polar surface area (TPSA) is 29.5 Å². The molecule has 1 unspecified atom stereocenters. The number of Topliss-reactive ketones (excluding diaryl/α,β-unsaturated/α-hetero) is 1. The second-order valence-corrected chi connectivity index (χ2v) is 5.40. The number of rotatable bonds is 1. The van der Waals surface area contributed by atoms with Crippen molar-refractivity contribution in [1.29, 1.82) is 0 Å². The van der Waals surface area contributed by atoms with Gasteiger partial charge >= 0.3 is 0 Å². The Morgan fingerprint density at radius 1 is 1.33 bits per heavy atom. The van der Waals surface area contributed by atoms with Crippen molar-refractivity contribution < 1.29 is 9.53 Å². The normalized spacial score (nSPS) is 32.9. The van der Waals surface area contributed by atoms with E-state index in [4.69, 9.17) is 4.74 Å². The van der Waals surface area contributed by atoms with Crippen LogP contribution in [0.1, 0.15) is 33.1 Å². The summed E-state index contributed by atoms with van der Waals surface area (Å²) in [6, 6.07) is 0.433. The summed E-state index contributed by atoms with van der Waals surface area (Å²) in [4.78, 5) is 14.0. The van der Waals surface area contributed by atoms with Crippen LogP contribution in [0.3, 0.4) is 0 Å². The standard InChI is InChI=1S/C12H21NO2/c1-12(2)4-3-10(14)9-11(12)13-5-7-15-8-6-13/h11H,3-9H2,1-2H3. The van der Waals surface area contributed by atoms with Crippen LogP contribution in [0.2, 0.25) is 0 Å². The van der Waals surface area contributed by atoms with Crippen LogP contribution in [-0.2, 0) is 9.53 Å². The largest absolute Gasteiger partial charge is 0.379 e. The molecule has 0 bridgehead atoms. The molecule has 1 saturated carbocycles. The van der Waals surface area contributed by atoms with Crippen LogP contribution in [0.5, 0.6) is 0 Å². The number of ketones is 1. The summed E-state index contributed by atoms with van der Waals surface area (Å²) in [6.07, 6.45) is 2.55. The van der Waals surface area contributed by atoms with Gasteiger partial charge in [-0.05, 0) is 11.8 Å². The first-order chi connectivity index (χ1) is 7.09. The Kier molecular flexibility index (Phi) is 3.12. The van der Waals surface area contributed by atoms with Gasteiger partial charge in [-0.2, -0.15) is 0 Å². The Balaban J connectivity index is 2.06. The molecule has 1 heterocycles. The highest BCUT2D eigenvalue weighted by molar-refractivity contribution is 5.80. The smallest absolute Gasteiger partial charge is 0.134 e. The summed E-state index contributed by atoms with van der Waals surface area (Å²) in [5.41, 5.74) is 0.283. The molecular weight excluding hydrogens is 190 g/mol. The monoisotopic (exact) mass is 211 g/mol. The van der Waals surface area contributed by atoms with E-state index >= 15 is 0 Å². The molecule has 3 nitrogen and oxygen atoms in total. The van der Waals surface area contributed by atoms with E-state index in [9.17, 15) is 4.79 Å². The molecule has 0 aromatic rings. The zero-order valence-electron chi connectivity index (χ0n) is 9.79. The minimum absolute atomic E-state index is 0.283. The van der Waals surface area contributed by atoms with Crippen molar-refractivity contribution >= 4 is 5.78 Å². The highest BCUT2D eigenvalue weighted by Crippen LogP contribution is 2.37. The molecule has 1 saturated heterocycles. The van der Waals surface area contributed by atoms with Crippen molar-refractivity contribution in [1.82, 2.24) is 4.90 Å². The molecule has 1 aliphatic carbocycles. The van der Waals surface area contributed by atoms with E-state index in [0.717, 1.165) is 45.6 Å². The third-order valence-corrected chi connectivity index (χ3v) is 3.86. The summed E-state index contributed by atoms with van der Waals surface area (Å²) in [5, 5.41) is 0. The van der Waals surface area contributed by atoms with Crippen LogP contribution < -0.4 is 0 Å². The molecule has 0 aromatic carbocycles. The zero-order valence-corrected chi connectivity index (χ0v) is 9.79. The van der Waals surface area contributed by atoms with Crippen molar-refractivity contribution in [2.75, 3.05) is 26.3 Å². The summed E-state index contributed by atoms with van der Waals surface area (Å²) in [6.45, 7) is 8.20. The molecule has 2 fully saturated rings. The molecule has 0 amide bonds. The molecule has 2 rings (SSSR count). The van der Waals surface area contributed by atoms with Gasteiger partial charge in [0.15, 0.2) is 0 Å². The first kappa shape index (κ1) is 11.1. The van der Waals surface area contributed by atoms with Gasteiger partial charge in [0.25, 0.3) is 0 Å². The predicted molar refractivity (Wildman–Crippen MR) is 58.8 cm³/mol. The Morgan fingerprint density at radius 3 is 2.67 bits per heavy atom. The quantitative estimate of drug-likeness (QED) is 0.657. The van der Waals surface area contributed by atoms with Crippen LogP contribution in [0.4, 0.5) is 0 Å². The van der Waals surface area contributed by atoms with Gasteiger partial charge in [-0.1, -0.05) is 13.8 Å². The fraction of sp³-hybridized carbons (Fsp3) is 0.917. The van der Waals surface area contributed by atoms with Gasteiger partial charge in [0.1, 0.15) is 5.78 Å². The molecule has 0 radical (unpaired) electrons. The predicted octanol–water partition coefficient (Wildman–Crippen LogP) is 1.47. The number of hydrogen-bond donors (Lipinski definition) is 0. The molecule has 3 heteroatoms. The Hall–Kier alpha value is -0.410. The van der Waals surface area contributed by atoms with Gasteiger partial charge in [0.2, 0.25) is 0 Å². The van der Waals surface area contributed by atoms with Crippen molar-refractivity contribution in [3.63, 3.8) is 0 Å². The van der Waals surface area contributed by atoms with E-state index < -0.39 is 0 Å². The Bertz CT molecular complexity index is 244. The minimum atomic E-state index is 0.283. The lowest BCUT2D eigenvalue weighted by Crippen LogP contribution is -2.52. The average Bonchev–Trinajstić information content (AvgIpc) is 2.23. The van der Waals surface area contributed by atoms with Crippen molar-refractivity contribution in [3.05, 3.63) is 0 Å². The number of ether oxygens (including phenoxy) is 1. The highest BCUT2D eigenvalue weighted by Gasteiger charge is 2.39. The molecule has 0 aromatic heterocycles. The number of morpholine rings is 1. The first-order valence-electron chi connectivity index (χ1n) is 5.93. The molecule has 15 heavy (non-hydrogen) atoms. The lowest BCUT2D eigenvalue weighted by Gasteiger charge is -2.46. The van der Waals surface area contributed by atoms with Crippen LogP contribution in [-0.4, -0.2) is 43.0 Å². The average molecular weight is 211 g/mol. The zero-order chi connectivity index (χ0) is 10.9. The third-order valence-electron chi connectivity index (χ3n) is 3.86. The van der Waals surface area contributed by atoms with Gasteiger partial charge < -0.3 is 4.74 Å². The van der Waals surface area contributed by atoms with Gasteiger partial charge in [-0.3, -0.25) is 9.69 Å². The number of nitrogens with zero attached hydrogens (tertiary/aromatic N) is 1. The summed E-state index contributed by atoms with van der Waals surface area (Å²) < 4.78 is 5.36. The van der Waals surface area contributed by atoms with Gasteiger partial charge in [-0.15, -0.1) is 0 Å². The molecule has 1 aliphatic heterocycles. The summed E-state index contributed by atoms with van der Waals surface area (Å²) in [7, 11) is 0. The van der Waals surface area contributed by atoms with E-state index in [1.165, 1.54) is 0 Å². The molecular formula is C12H21NO2. The maximum absolute atomic E-state index is 11.5. The SMILES string of the molecule is CC1(C)CCC(=O)CC1N1CCOCC1.